The van der Waals surface area contributed by atoms with Crippen LogP contribution in [-0.4, -0.2) is 30.0 Å². The van der Waals surface area contributed by atoms with Crippen molar-refractivity contribution in [3.05, 3.63) is 10.1 Å². The molecule has 0 saturated carbocycles. The van der Waals surface area contributed by atoms with Gasteiger partial charge in [-0.05, 0) is 6.42 Å². The molecule has 0 aromatic carbocycles. The van der Waals surface area contributed by atoms with Gasteiger partial charge in [0.05, 0.1) is 11.6 Å². The van der Waals surface area contributed by atoms with Crippen LogP contribution in [0.2, 0.25) is 0 Å². The summed E-state index contributed by atoms with van der Waals surface area (Å²) in [6.07, 6.45) is -0.0273. The van der Waals surface area contributed by atoms with E-state index in [1.165, 1.54) is 0 Å². The monoisotopic (exact) mass is 239 g/mol. The highest BCUT2D eigenvalue weighted by Crippen LogP contribution is 2.27. The van der Waals surface area contributed by atoms with Crippen molar-refractivity contribution in [2.75, 3.05) is 6.61 Å². The highest BCUT2D eigenvalue weighted by atomic mass is 35.5. The SMILES string of the molecule is CCC(CO)NC1OC(=O)C(Cl)=C1Cl. The van der Waals surface area contributed by atoms with Crippen LogP contribution < -0.4 is 5.32 Å². The van der Waals surface area contributed by atoms with Crippen molar-refractivity contribution >= 4 is 29.2 Å². The predicted molar refractivity (Wildman–Crippen MR) is 52.9 cm³/mol. The van der Waals surface area contributed by atoms with Crippen LogP contribution in [-0.2, 0) is 9.53 Å². The smallest absolute Gasteiger partial charge is 0.353 e. The van der Waals surface area contributed by atoms with Gasteiger partial charge in [0.2, 0.25) is 0 Å². The number of aliphatic hydroxyl groups excluding tert-OH is 1. The van der Waals surface area contributed by atoms with Gasteiger partial charge in [-0.2, -0.15) is 0 Å². The third-order valence-corrected chi connectivity index (χ3v) is 2.79. The fourth-order valence-corrected chi connectivity index (χ4v) is 1.37. The van der Waals surface area contributed by atoms with Gasteiger partial charge < -0.3 is 9.84 Å². The first kappa shape index (κ1) is 11.8. The van der Waals surface area contributed by atoms with E-state index in [2.05, 4.69) is 5.32 Å². The van der Waals surface area contributed by atoms with E-state index in [4.69, 9.17) is 33.0 Å². The highest BCUT2D eigenvalue weighted by molar-refractivity contribution is 6.48. The van der Waals surface area contributed by atoms with Gasteiger partial charge in [-0.1, -0.05) is 30.1 Å². The van der Waals surface area contributed by atoms with Gasteiger partial charge in [-0.25, -0.2) is 4.79 Å². The Morgan fingerprint density at radius 1 is 1.64 bits per heavy atom. The van der Waals surface area contributed by atoms with Crippen molar-refractivity contribution < 1.29 is 14.6 Å². The number of aliphatic hydroxyl groups is 1. The summed E-state index contributed by atoms with van der Waals surface area (Å²) in [7, 11) is 0. The standard InChI is InChI=1S/C8H11Cl2NO3/c1-2-4(3-12)11-7-5(9)6(10)8(13)14-7/h4,7,11-12H,2-3H2,1H3. The molecule has 1 aliphatic rings. The summed E-state index contributed by atoms with van der Waals surface area (Å²) in [6, 6.07) is -0.163. The van der Waals surface area contributed by atoms with Crippen LogP contribution in [0.25, 0.3) is 0 Å². The summed E-state index contributed by atoms with van der Waals surface area (Å²) >= 11 is 11.3. The lowest BCUT2D eigenvalue weighted by Gasteiger charge is -2.19. The first-order chi connectivity index (χ1) is 6.60. The van der Waals surface area contributed by atoms with Gasteiger partial charge in [-0.15, -0.1) is 0 Å². The van der Waals surface area contributed by atoms with Crippen LogP contribution in [0.15, 0.2) is 10.1 Å². The van der Waals surface area contributed by atoms with Crippen molar-refractivity contribution in [2.45, 2.75) is 25.6 Å². The van der Waals surface area contributed by atoms with E-state index in [0.29, 0.717) is 6.42 Å². The van der Waals surface area contributed by atoms with Crippen LogP contribution >= 0.6 is 23.2 Å². The summed E-state index contributed by atoms with van der Waals surface area (Å²) in [5.74, 6) is -0.637. The van der Waals surface area contributed by atoms with Crippen molar-refractivity contribution in [2.24, 2.45) is 0 Å². The number of halogens is 2. The van der Waals surface area contributed by atoms with Crippen molar-refractivity contribution in [3.63, 3.8) is 0 Å². The van der Waals surface area contributed by atoms with E-state index >= 15 is 0 Å². The van der Waals surface area contributed by atoms with Crippen molar-refractivity contribution in [1.82, 2.24) is 5.32 Å². The second kappa shape index (κ2) is 4.98. The maximum Gasteiger partial charge on any atom is 0.353 e. The van der Waals surface area contributed by atoms with E-state index in [9.17, 15) is 4.79 Å². The quantitative estimate of drug-likeness (QED) is 0.717. The van der Waals surface area contributed by atoms with E-state index < -0.39 is 12.2 Å². The molecule has 0 fully saturated rings. The number of carbonyl (C=O) groups excluding carboxylic acids is 1. The van der Waals surface area contributed by atoms with Gasteiger partial charge in [0.1, 0.15) is 5.03 Å². The average Bonchev–Trinajstić information content (AvgIpc) is 2.42. The number of hydrogen-bond donors (Lipinski definition) is 2. The summed E-state index contributed by atoms with van der Waals surface area (Å²) in [6.45, 7) is 1.84. The zero-order valence-corrected chi connectivity index (χ0v) is 9.10. The van der Waals surface area contributed by atoms with Gasteiger partial charge in [0.15, 0.2) is 6.23 Å². The number of ether oxygens (including phenoxy) is 1. The summed E-state index contributed by atoms with van der Waals surface area (Å²) in [4.78, 5) is 11.0. The molecule has 0 aliphatic carbocycles. The molecule has 80 valence electrons. The van der Waals surface area contributed by atoms with Crippen LogP contribution in [0.4, 0.5) is 0 Å². The minimum Gasteiger partial charge on any atom is -0.437 e. The first-order valence-corrected chi connectivity index (χ1v) is 4.98. The lowest BCUT2D eigenvalue weighted by atomic mass is 10.2. The number of rotatable bonds is 4. The van der Waals surface area contributed by atoms with Gasteiger partial charge in [-0.3, -0.25) is 5.32 Å². The number of cyclic esters (lactones) is 1. The molecule has 1 heterocycles. The molecule has 0 aromatic heterocycles. The molecule has 0 amide bonds. The summed E-state index contributed by atoms with van der Waals surface area (Å²) < 4.78 is 4.82. The van der Waals surface area contributed by atoms with Crippen LogP contribution in [0, 0.1) is 0 Å². The lowest BCUT2D eigenvalue weighted by Crippen LogP contribution is -2.40. The zero-order chi connectivity index (χ0) is 10.7. The topological polar surface area (TPSA) is 58.6 Å². The first-order valence-electron chi connectivity index (χ1n) is 4.23. The van der Waals surface area contributed by atoms with E-state index in [-0.39, 0.29) is 22.7 Å². The van der Waals surface area contributed by atoms with Crippen LogP contribution in [0.5, 0.6) is 0 Å². The minimum absolute atomic E-state index is 0.0493. The number of esters is 1. The number of hydrogen-bond acceptors (Lipinski definition) is 4. The zero-order valence-electron chi connectivity index (χ0n) is 7.59. The Morgan fingerprint density at radius 2 is 2.29 bits per heavy atom. The van der Waals surface area contributed by atoms with E-state index in [0.717, 1.165) is 0 Å². The predicted octanol–water partition coefficient (Wildman–Crippen LogP) is 0.919. The molecule has 1 rings (SSSR count). The molecule has 0 aromatic rings. The third kappa shape index (κ3) is 2.39. The largest absolute Gasteiger partial charge is 0.437 e. The average molecular weight is 240 g/mol. The minimum atomic E-state index is -0.728. The van der Waals surface area contributed by atoms with Crippen LogP contribution in [0.3, 0.4) is 0 Å². The van der Waals surface area contributed by atoms with Crippen molar-refractivity contribution in [3.8, 4) is 0 Å². The van der Waals surface area contributed by atoms with E-state index in [1.807, 2.05) is 6.92 Å². The third-order valence-electron chi connectivity index (χ3n) is 1.94. The molecule has 1 aliphatic heterocycles. The molecule has 0 saturated heterocycles. The normalized spacial score (nSPS) is 24.0. The molecule has 14 heavy (non-hydrogen) atoms. The highest BCUT2D eigenvalue weighted by Gasteiger charge is 2.32. The van der Waals surface area contributed by atoms with Gasteiger partial charge >= 0.3 is 5.97 Å². The van der Waals surface area contributed by atoms with Gasteiger partial charge in [0, 0.05) is 6.04 Å². The molecule has 0 radical (unpaired) electrons. The number of carbonyl (C=O) groups is 1. The van der Waals surface area contributed by atoms with E-state index in [1.54, 1.807) is 0 Å². The Hall–Kier alpha value is -0.290. The van der Waals surface area contributed by atoms with Crippen molar-refractivity contribution in [1.29, 1.82) is 0 Å². The summed E-state index contributed by atoms with van der Waals surface area (Å²) in [5.41, 5.74) is 0. The fraction of sp³-hybridized carbons (Fsp3) is 0.625. The molecule has 2 atom stereocenters. The molecule has 6 heteroatoms. The molecular formula is C8H11Cl2NO3. The lowest BCUT2D eigenvalue weighted by molar-refractivity contribution is -0.140. The van der Waals surface area contributed by atoms with Crippen LogP contribution in [0.1, 0.15) is 13.3 Å². The molecule has 0 spiro atoms. The fourth-order valence-electron chi connectivity index (χ4n) is 1.04. The molecule has 4 nitrogen and oxygen atoms in total. The Bertz CT molecular complexity index is 263. The Kier molecular flexibility index (Phi) is 4.19. The molecule has 2 N–H and O–H groups in total. The maximum atomic E-state index is 11.0. The maximum absolute atomic E-state index is 11.0. The molecular weight excluding hydrogens is 229 g/mol. The second-order valence-electron chi connectivity index (χ2n) is 2.90. The number of nitrogens with one attached hydrogen (secondary N) is 1. The molecule has 2 unspecified atom stereocenters. The Balaban J connectivity index is 2.60. The Morgan fingerprint density at radius 3 is 2.64 bits per heavy atom. The summed E-state index contributed by atoms with van der Waals surface area (Å²) in [5, 5.41) is 11.8. The van der Waals surface area contributed by atoms with Gasteiger partial charge in [0.25, 0.3) is 0 Å². The molecule has 0 bridgehead atoms. The second-order valence-corrected chi connectivity index (χ2v) is 3.69. The Labute approximate surface area is 91.8 Å².